The standard InChI is InChI=1S/C17H17FN2OS/c18-14-8-6-12(7-9-14)11-19-20-17(21)16-10-13-4-2-1-3-5-15(13)22-16/h6-11H,1-5H2,(H,20,21)/b19-11-. The van der Waals surface area contributed by atoms with E-state index < -0.39 is 0 Å². The van der Waals surface area contributed by atoms with E-state index in [4.69, 9.17) is 0 Å². The average Bonchev–Trinajstić information content (AvgIpc) is 2.80. The molecule has 1 aliphatic carbocycles. The number of hydrazone groups is 1. The zero-order valence-electron chi connectivity index (χ0n) is 12.1. The SMILES string of the molecule is O=C(N/N=C\c1ccc(F)cc1)c1cc2c(s1)CCCCC2. The van der Waals surface area contributed by atoms with Gasteiger partial charge in [-0.15, -0.1) is 11.3 Å². The first-order chi connectivity index (χ1) is 10.7. The summed E-state index contributed by atoms with van der Waals surface area (Å²) in [6.45, 7) is 0. The molecular weight excluding hydrogens is 299 g/mol. The highest BCUT2D eigenvalue weighted by Crippen LogP contribution is 2.28. The van der Waals surface area contributed by atoms with Crippen LogP contribution in [0.4, 0.5) is 4.39 Å². The topological polar surface area (TPSA) is 41.5 Å². The number of nitrogens with one attached hydrogen (secondary N) is 1. The van der Waals surface area contributed by atoms with E-state index >= 15 is 0 Å². The Hall–Kier alpha value is -2.01. The molecule has 3 nitrogen and oxygen atoms in total. The molecule has 0 saturated carbocycles. The fourth-order valence-corrected chi connectivity index (χ4v) is 3.69. The predicted molar refractivity (Wildman–Crippen MR) is 87.0 cm³/mol. The number of hydrogen-bond acceptors (Lipinski definition) is 3. The van der Waals surface area contributed by atoms with Crippen molar-refractivity contribution in [2.24, 2.45) is 5.10 Å². The highest BCUT2D eigenvalue weighted by molar-refractivity contribution is 7.14. The summed E-state index contributed by atoms with van der Waals surface area (Å²) in [6, 6.07) is 7.93. The number of aryl methyl sites for hydroxylation is 2. The largest absolute Gasteiger partial charge is 0.281 e. The molecule has 0 saturated heterocycles. The molecule has 0 unspecified atom stereocenters. The molecule has 0 radical (unpaired) electrons. The third-order valence-electron chi connectivity index (χ3n) is 3.72. The average molecular weight is 316 g/mol. The van der Waals surface area contributed by atoms with E-state index in [1.807, 2.05) is 6.07 Å². The Labute approximate surface area is 132 Å². The number of carbonyl (C=O) groups excluding carboxylic acids is 1. The van der Waals surface area contributed by atoms with Crippen molar-refractivity contribution in [2.45, 2.75) is 32.1 Å². The molecule has 22 heavy (non-hydrogen) atoms. The van der Waals surface area contributed by atoms with Crippen LogP contribution in [0, 0.1) is 5.82 Å². The lowest BCUT2D eigenvalue weighted by Gasteiger charge is -1.97. The minimum Gasteiger partial charge on any atom is -0.266 e. The number of benzene rings is 1. The number of halogens is 1. The van der Waals surface area contributed by atoms with E-state index in [0.29, 0.717) is 4.88 Å². The molecule has 0 bridgehead atoms. The Morgan fingerprint density at radius 3 is 2.77 bits per heavy atom. The monoisotopic (exact) mass is 316 g/mol. The molecular formula is C17H17FN2OS. The van der Waals surface area contributed by atoms with Gasteiger partial charge in [0, 0.05) is 4.88 Å². The first-order valence-electron chi connectivity index (χ1n) is 7.43. The van der Waals surface area contributed by atoms with Gasteiger partial charge in [-0.3, -0.25) is 4.79 Å². The highest BCUT2D eigenvalue weighted by atomic mass is 32.1. The maximum absolute atomic E-state index is 12.8. The molecule has 114 valence electrons. The summed E-state index contributed by atoms with van der Waals surface area (Å²) in [7, 11) is 0. The zero-order chi connectivity index (χ0) is 15.4. The number of rotatable bonds is 3. The van der Waals surface area contributed by atoms with Gasteiger partial charge in [-0.2, -0.15) is 5.10 Å². The molecule has 1 N–H and O–H groups in total. The Morgan fingerprint density at radius 1 is 1.18 bits per heavy atom. The zero-order valence-corrected chi connectivity index (χ0v) is 13.0. The number of thiophene rings is 1. The smallest absolute Gasteiger partial charge is 0.266 e. The van der Waals surface area contributed by atoms with E-state index in [0.717, 1.165) is 18.4 Å². The Balaban J connectivity index is 1.63. The van der Waals surface area contributed by atoms with Gasteiger partial charge in [0.1, 0.15) is 5.82 Å². The van der Waals surface area contributed by atoms with Crippen LogP contribution in [0.15, 0.2) is 35.4 Å². The second-order valence-corrected chi connectivity index (χ2v) is 6.51. The number of hydrogen-bond donors (Lipinski definition) is 1. The van der Waals surface area contributed by atoms with Gasteiger partial charge in [-0.25, -0.2) is 9.82 Å². The van der Waals surface area contributed by atoms with Gasteiger partial charge < -0.3 is 0 Å². The first kappa shape index (κ1) is 14.9. The summed E-state index contributed by atoms with van der Waals surface area (Å²) >= 11 is 1.57. The quantitative estimate of drug-likeness (QED) is 0.520. The molecule has 1 heterocycles. The third-order valence-corrected chi connectivity index (χ3v) is 4.96. The second kappa shape index (κ2) is 6.83. The van der Waals surface area contributed by atoms with Crippen molar-refractivity contribution < 1.29 is 9.18 Å². The molecule has 1 aliphatic rings. The number of carbonyl (C=O) groups is 1. The molecule has 0 aliphatic heterocycles. The van der Waals surface area contributed by atoms with E-state index in [9.17, 15) is 9.18 Å². The van der Waals surface area contributed by atoms with Crippen molar-refractivity contribution in [2.75, 3.05) is 0 Å². The van der Waals surface area contributed by atoms with Gasteiger partial charge in [0.2, 0.25) is 0 Å². The summed E-state index contributed by atoms with van der Waals surface area (Å²) in [5.41, 5.74) is 4.59. The van der Waals surface area contributed by atoms with E-state index in [1.165, 1.54) is 48.1 Å². The molecule has 3 rings (SSSR count). The van der Waals surface area contributed by atoms with Crippen molar-refractivity contribution in [3.63, 3.8) is 0 Å². The molecule has 2 aromatic rings. The molecule has 1 aromatic carbocycles. The maximum atomic E-state index is 12.8. The van der Waals surface area contributed by atoms with E-state index in [2.05, 4.69) is 10.5 Å². The van der Waals surface area contributed by atoms with Gasteiger partial charge in [-0.05, 0) is 55.0 Å². The lowest BCUT2D eigenvalue weighted by molar-refractivity contribution is 0.0959. The van der Waals surface area contributed by atoms with Gasteiger partial charge >= 0.3 is 0 Å². The number of nitrogens with zero attached hydrogens (tertiary/aromatic N) is 1. The summed E-state index contributed by atoms with van der Waals surface area (Å²) in [4.78, 5) is 14.2. The van der Waals surface area contributed by atoms with Crippen LogP contribution in [-0.2, 0) is 12.8 Å². The van der Waals surface area contributed by atoms with Gasteiger partial charge in [-0.1, -0.05) is 18.6 Å². The lowest BCUT2D eigenvalue weighted by Crippen LogP contribution is -2.16. The van der Waals surface area contributed by atoms with Crippen LogP contribution < -0.4 is 5.43 Å². The second-order valence-electron chi connectivity index (χ2n) is 5.37. The van der Waals surface area contributed by atoms with E-state index in [1.54, 1.807) is 23.5 Å². The van der Waals surface area contributed by atoms with Gasteiger partial charge in [0.05, 0.1) is 11.1 Å². The fourth-order valence-electron chi connectivity index (χ4n) is 2.55. The molecule has 1 amide bonds. The van der Waals surface area contributed by atoms with Crippen molar-refractivity contribution in [3.8, 4) is 0 Å². The van der Waals surface area contributed by atoms with Gasteiger partial charge in [0.15, 0.2) is 0 Å². The highest BCUT2D eigenvalue weighted by Gasteiger charge is 2.15. The van der Waals surface area contributed by atoms with Crippen molar-refractivity contribution in [3.05, 3.63) is 57.0 Å². The minimum atomic E-state index is -0.290. The van der Waals surface area contributed by atoms with Crippen LogP contribution in [0.25, 0.3) is 0 Å². The van der Waals surface area contributed by atoms with Crippen molar-refractivity contribution in [1.82, 2.24) is 5.43 Å². The van der Waals surface area contributed by atoms with Crippen LogP contribution in [0.3, 0.4) is 0 Å². The fraction of sp³-hybridized carbons (Fsp3) is 0.294. The molecule has 5 heteroatoms. The van der Waals surface area contributed by atoms with Gasteiger partial charge in [0.25, 0.3) is 5.91 Å². The van der Waals surface area contributed by atoms with Crippen molar-refractivity contribution >= 4 is 23.5 Å². The molecule has 0 fully saturated rings. The third kappa shape index (κ3) is 3.60. The summed E-state index contributed by atoms with van der Waals surface area (Å²) in [5, 5.41) is 3.93. The predicted octanol–water partition coefficient (Wildman–Crippen LogP) is 3.92. The van der Waals surface area contributed by atoms with Crippen molar-refractivity contribution in [1.29, 1.82) is 0 Å². The van der Waals surface area contributed by atoms with Crippen LogP contribution in [-0.4, -0.2) is 12.1 Å². The van der Waals surface area contributed by atoms with E-state index in [-0.39, 0.29) is 11.7 Å². The molecule has 0 atom stereocenters. The first-order valence-corrected chi connectivity index (χ1v) is 8.24. The summed E-state index contributed by atoms with van der Waals surface area (Å²) in [6.07, 6.45) is 7.33. The van der Waals surface area contributed by atoms with Crippen LogP contribution in [0.2, 0.25) is 0 Å². The molecule has 0 spiro atoms. The Kier molecular flexibility index (Phi) is 4.63. The summed E-state index contributed by atoms with van der Waals surface area (Å²) in [5.74, 6) is -0.474. The maximum Gasteiger partial charge on any atom is 0.281 e. The Bertz CT molecular complexity index is 668. The minimum absolute atomic E-state index is 0.184. The number of fused-ring (bicyclic) bond motifs is 1. The molecule has 1 aromatic heterocycles. The number of amides is 1. The van der Waals surface area contributed by atoms with Crippen LogP contribution >= 0.6 is 11.3 Å². The van der Waals surface area contributed by atoms with Crippen LogP contribution in [0.5, 0.6) is 0 Å². The lowest BCUT2D eigenvalue weighted by atomic mass is 10.1. The Morgan fingerprint density at radius 2 is 1.95 bits per heavy atom. The summed E-state index contributed by atoms with van der Waals surface area (Å²) < 4.78 is 12.8. The normalized spacial score (nSPS) is 14.6. The van der Waals surface area contributed by atoms with Crippen LogP contribution in [0.1, 0.15) is 44.9 Å².